The van der Waals surface area contributed by atoms with Gasteiger partial charge in [-0.2, -0.15) is 8.42 Å². The van der Waals surface area contributed by atoms with E-state index in [0.717, 1.165) is 0 Å². The van der Waals surface area contributed by atoms with E-state index in [2.05, 4.69) is 4.98 Å². The summed E-state index contributed by atoms with van der Waals surface area (Å²) in [4.78, 5) is 3.95. The van der Waals surface area contributed by atoms with Crippen molar-refractivity contribution in [1.82, 2.24) is 4.98 Å². The van der Waals surface area contributed by atoms with E-state index in [4.69, 9.17) is 4.55 Å². The van der Waals surface area contributed by atoms with Crippen LogP contribution in [0.1, 0.15) is 37.3 Å². The third kappa shape index (κ3) is 3.01. The van der Waals surface area contributed by atoms with Crippen molar-refractivity contribution in [3.63, 3.8) is 0 Å². The molecule has 0 aliphatic carbocycles. The Morgan fingerprint density at radius 3 is 2.44 bits per heavy atom. The van der Waals surface area contributed by atoms with Crippen molar-refractivity contribution in [2.75, 3.05) is 0 Å². The van der Waals surface area contributed by atoms with Crippen molar-refractivity contribution in [3.05, 3.63) is 29.6 Å². The first-order valence-electron chi connectivity index (χ1n) is 4.77. The summed E-state index contributed by atoms with van der Waals surface area (Å²) in [7, 11) is -4.13. The molecule has 0 aliphatic heterocycles. The molecule has 90 valence electrons. The highest BCUT2D eigenvalue weighted by Crippen LogP contribution is 2.24. The van der Waals surface area contributed by atoms with Gasteiger partial charge in [0.15, 0.2) is 0 Å². The molecule has 6 heteroatoms. The van der Waals surface area contributed by atoms with Gasteiger partial charge in [-0.25, -0.2) is 0 Å². The van der Waals surface area contributed by atoms with E-state index in [1.54, 1.807) is 13.8 Å². The van der Waals surface area contributed by atoms with Crippen LogP contribution in [-0.2, 0) is 15.7 Å². The first-order chi connectivity index (χ1) is 7.12. The van der Waals surface area contributed by atoms with Gasteiger partial charge in [-0.3, -0.25) is 9.54 Å². The molecule has 0 amide bonds. The van der Waals surface area contributed by atoms with E-state index in [1.165, 1.54) is 25.3 Å². The molecule has 0 saturated carbocycles. The standard InChI is InChI=1S/C10H15NO4S/c1-7(16(13,14)15)8-4-5-11-9(6-8)10(2,3)12/h4-7,12H,1-3H3,(H,13,14,15). The Hall–Kier alpha value is -0.980. The average Bonchev–Trinajstić information content (AvgIpc) is 2.14. The number of aliphatic hydroxyl groups is 1. The predicted octanol–water partition coefficient (Wildman–Crippen LogP) is 1.26. The van der Waals surface area contributed by atoms with Gasteiger partial charge in [-0.15, -0.1) is 0 Å². The van der Waals surface area contributed by atoms with Crippen molar-refractivity contribution < 1.29 is 18.1 Å². The van der Waals surface area contributed by atoms with Gasteiger partial charge in [0.05, 0.1) is 5.69 Å². The fourth-order valence-corrected chi connectivity index (χ4v) is 1.70. The summed E-state index contributed by atoms with van der Waals surface area (Å²) < 4.78 is 30.9. The second-order valence-electron chi connectivity index (χ2n) is 4.19. The van der Waals surface area contributed by atoms with Gasteiger partial charge in [-0.1, -0.05) is 0 Å². The maximum Gasteiger partial charge on any atom is 0.271 e. The zero-order valence-electron chi connectivity index (χ0n) is 9.38. The van der Waals surface area contributed by atoms with Gasteiger partial charge in [0.2, 0.25) is 0 Å². The van der Waals surface area contributed by atoms with Crippen LogP contribution in [0, 0.1) is 0 Å². The monoisotopic (exact) mass is 245 g/mol. The largest absolute Gasteiger partial charge is 0.384 e. The Balaban J connectivity index is 3.19. The van der Waals surface area contributed by atoms with Crippen LogP contribution >= 0.6 is 0 Å². The van der Waals surface area contributed by atoms with Gasteiger partial charge < -0.3 is 5.11 Å². The van der Waals surface area contributed by atoms with Crippen LogP contribution in [-0.4, -0.2) is 23.1 Å². The Kier molecular flexibility index (Phi) is 3.37. The molecule has 2 N–H and O–H groups in total. The summed E-state index contributed by atoms with van der Waals surface area (Å²) in [6.07, 6.45) is 1.41. The molecular formula is C10H15NO4S. The Bertz CT molecular complexity index is 476. The SMILES string of the molecule is CC(c1ccnc(C(C)(C)O)c1)S(=O)(=O)O. The first kappa shape index (κ1) is 13.1. The maximum atomic E-state index is 11.0. The number of rotatable bonds is 3. The van der Waals surface area contributed by atoms with Crippen molar-refractivity contribution in [2.24, 2.45) is 0 Å². The number of hydrogen-bond acceptors (Lipinski definition) is 4. The second-order valence-corrected chi connectivity index (χ2v) is 5.93. The third-order valence-corrected chi connectivity index (χ3v) is 3.49. The molecule has 1 rings (SSSR count). The molecular weight excluding hydrogens is 230 g/mol. The minimum atomic E-state index is -4.13. The minimum Gasteiger partial charge on any atom is -0.384 e. The van der Waals surface area contributed by atoms with Gasteiger partial charge in [0, 0.05) is 6.20 Å². The van der Waals surface area contributed by atoms with E-state index < -0.39 is 21.0 Å². The maximum absolute atomic E-state index is 11.0. The number of hydrogen-bond donors (Lipinski definition) is 2. The van der Waals surface area contributed by atoms with Crippen LogP contribution in [0.25, 0.3) is 0 Å². The van der Waals surface area contributed by atoms with Crippen LogP contribution in [0.15, 0.2) is 18.3 Å². The van der Waals surface area contributed by atoms with E-state index in [9.17, 15) is 13.5 Å². The highest BCUT2D eigenvalue weighted by atomic mass is 32.2. The second kappa shape index (κ2) is 4.12. The normalized spacial score (nSPS) is 14.8. The summed E-state index contributed by atoms with van der Waals surface area (Å²) >= 11 is 0. The number of nitrogens with zero attached hydrogens (tertiary/aromatic N) is 1. The molecule has 1 atom stereocenters. The molecule has 0 aliphatic rings. The summed E-state index contributed by atoms with van der Waals surface area (Å²) in [5.74, 6) is 0. The molecule has 0 bridgehead atoms. The Morgan fingerprint density at radius 2 is 2.00 bits per heavy atom. The average molecular weight is 245 g/mol. The zero-order chi connectivity index (χ0) is 12.6. The summed E-state index contributed by atoms with van der Waals surface area (Å²) in [6.45, 7) is 4.48. The van der Waals surface area contributed by atoms with Crippen LogP contribution in [0.2, 0.25) is 0 Å². The Labute approximate surface area is 94.9 Å². The van der Waals surface area contributed by atoms with E-state index >= 15 is 0 Å². The molecule has 1 heterocycles. The lowest BCUT2D eigenvalue weighted by Gasteiger charge is -2.18. The van der Waals surface area contributed by atoms with Crippen LogP contribution in [0.3, 0.4) is 0 Å². The highest BCUT2D eigenvalue weighted by Gasteiger charge is 2.23. The number of aromatic nitrogens is 1. The smallest absolute Gasteiger partial charge is 0.271 e. The molecule has 1 aromatic rings. The fourth-order valence-electron chi connectivity index (χ4n) is 1.21. The molecule has 0 saturated heterocycles. The zero-order valence-corrected chi connectivity index (χ0v) is 10.2. The first-order valence-corrected chi connectivity index (χ1v) is 6.28. The third-order valence-electron chi connectivity index (χ3n) is 2.33. The molecule has 1 aromatic heterocycles. The topological polar surface area (TPSA) is 87.5 Å². The minimum absolute atomic E-state index is 0.362. The lowest BCUT2D eigenvalue weighted by Crippen LogP contribution is -2.18. The molecule has 1 unspecified atom stereocenters. The van der Waals surface area contributed by atoms with E-state index in [0.29, 0.717) is 11.3 Å². The fraction of sp³-hybridized carbons (Fsp3) is 0.500. The van der Waals surface area contributed by atoms with Crippen LogP contribution in [0.4, 0.5) is 0 Å². The molecule has 0 spiro atoms. The molecule has 0 radical (unpaired) electrons. The van der Waals surface area contributed by atoms with Crippen LogP contribution < -0.4 is 0 Å². The summed E-state index contributed by atoms with van der Waals surface area (Å²) in [6, 6.07) is 2.96. The predicted molar refractivity (Wildman–Crippen MR) is 59.4 cm³/mol. The lowest BCUT2D eigenvalue weighted by atomic mass is 10.0. The molecule has 5 nitrogen and oxygen atoms in total. The van der Waals surface area contributed by atoms with Gasteiger partial charge >= 0.3 is 0 Å². The summed E-state index contributed by atoms with van der Waals surface area (Å²) in [5.41, 5.74) is -0.385. The molecule has 0 fully saturated rings. The van der Waals surface area contributed by atoms with E-state index in [1.807, 2.05) is 0 Å². The summed E-state index contributed by atoms with van der Waals surface area (Å²) in [5, 5.41) is 8.69. The quantitative estimate of drug-likeness (QED) is 0.783. The van der Waals surface area contributed by atoms with Gasteiger partial charge in [0.25, 0.3) is 10.1 Å². The van der Waals surface area contributed by atoms with E-state index in [-0.39, 0.29) is 0 Å². The highest BCUT2D eigenvalue weighted by molar-refractivity contribution is 7.86. The van der Waals surface area contributed by atoms with Crippen molar-refractivity contribution in [1.29, 1.82) is 0 Å². The van der Waals surface area contributed by atoms with Crippen molar-refractivity contribution in [3.8, 4) is 0 Å². The molecule has 0 aromatic carbocycles. The Morgan fingerprint density at radius 1 is 1.44 bits per heavy atom. The van der Waals surface area contributed by atoms with Crippen molar-refractivity contribution in [2.45, 2.75) is 31.6 Å². The van der Waals surface area contributed by atoms with Gasteiger partial charge in [0.1, 0.15) is 10.9 Å². The number of pyridine rings is 1. The van der Waals surface area contributed by atoms with Gasteiger partial charge in [-0.05, 0) is 38.5 Å². The molecule has 16 heavy (non-hydrogen) atoms. The van der Waals surface area contributed by atoms with Crippen LogP contribution in [0.5, 0.6) is 0 Å². The lowest BCUT2D eigenvalue weighted by molar-refractivity contribution is 0.0737. The van der Waals surface area contributed by atoms with Crippen molar-refractivity contribution >= 4 is 10.1 Å².